The molecule has 0 amide bonds. The maximum atomic E-state index is 12.9. The molecule has 2 aliphatic carbocycles. The molecule has 0 saturated heterocycles. The Kier molecular flexibility index (Phi) is 3.59. The van der Waals surface area contributed by atoms with Gasteiger partial charge in [-0.3, -0.25) is 0 Å². The van der Waals surface area contributed by atoms with Gasteiger partial charge in [0.15, 0.2) is 0 Å². The third-order valence-corrected chi connectivity index (χ3v) is 6.72. The number of nitrogens with zero attached hydrogens (tertiary/aromatic N) is 1. The zero-order valence-electron chi connectivity index (χ0n) is 11.5. The van der Waals surface area contributed by atoms with Gasteiger partial charge in [0.25, 0.3) is 0 Å². The molecule has 6 heteroatoms. The number of nitrogens with two attached hydrogens (primary N) is 1. The number of nitrogen functional groups attached to an aromatic ring is 1. The van der Waals surface area contributed by atoms with Gasteiger partial charge in [-0.15, -0.1) is 0 Å². The molecule has 2 N–H and O–H groups in total. The Morgan fingerprint density at radius 2 is 1.95 bits per heavy atom. The summed E-state index contributed by atoms with van der Waals surface area (Å²) in [5, 5.41) is 0. The molecule has 0 unspecified atom stereocenters. The zero-order valence-corrected chi connectivity index (χ0v) is 13.9. The number of aryl methyl sites for hydroxylation is 1. The van der Waals surface area contributed by atoms with Crippen molar-refractivity contribution in [2.45, 2.75) is 43.5 Å². The van der Waals surface area contributed by atoms with E-state index in [2.05, 4.69) is 15.9 Å². The quantitative estimate of drug-likeness (QED) is 0.823. The number of hydrogen-bond acceptors (Lipinski definition) is 3. The summed E-state index contributed by atoms with van der Waals surface area (Å²) in [6, 6.07) is 3.56. The van der Waals surface area contributed by atoms with Gasteiger partial charge in [0.05, 0.1) is 4.90 Å². The highest BCUT2D eigenvalue weighted by Gasteiger charge is 2.41. The molecule has 0 bridgehead atoms. The molecule has 0 heterocycles. The van der Waals surface area contributed by atoms with E-state index >= 15 is 0 Å². The van der Waals surface area contributed by atoms with Crippen LogP contribution >= 0.6 is 15.9 Å². The van der Waals surface area contributed by atoms with Crippen molar-refractivity contribution in [3.63, 3.8) is 0 Å². The van der Waals surface area contributed by atoms with Crippen molar-refractivity contribution in [2.75, 3.05) is 12.3 Å². The Balaban J connectivity index is 1.98. The lowest BCUT2D eigenvalue weighted by Gasteiger charge is -2.23. The van der Waals surface area contributed by atoms with Gasteiger partial charge in [-0.25, -0.2) is 8.42 Å². The Morgan fingerprint density at radius 1 is 1.30 bits per heavy atom. The summed E-state index contributed by atoms with van der Waals surface area (Å²) in [6.07, 6.45) is 4.27. The van der Waals surface area contributed by atoms with Crippen LogP contribution in [0.25, 0.3) is 0 Å². The second-order valence-corrected chi connectivity index (χ2v) is 8.60. The zero-order chi connectivity index (χ0) is 14.5. The van der Waals surface area contributed by atoms with Crippen LogP contribution < -0.4 is 5.73 Å². The lowest BCUT2D eigenvalue weighted by molar-refractivity contribution is 0.388. The van der Waals surface area contributed by atoms with Crippen molar-refractivity contribution >= 4 is 31.6 Å². The predicted octanol–water partition coefficient (Wildman–Crippen LogP) is 2.90. The summed E-state index contributed by atoms with van der Waals surface area (Å²) in [5.41, 5.74) is 7.07. The van der Waals surface area contributed by atoms with E-state index in [9.17, 15) is 8.42 Å². The van der Waals surface area contributed by atoms with Gasteiger partial charge in [-0.2, -0.15) is 4.31 Å². The second kappa shape index (κ2) is 5.00. The maximum Gasteiger partial charge on any atom is 0.243 e. The lowest BCUT2D eigenvalue weighted by atomic mass is 10.2. The molecule has 1 aromatic carbocycles. The van der Waals surface area contributed by atoms with E-state index in [1.54, 1.807) is 16.4 Å². The first kappa shape index (κ1) is 14.4. The van der Waals surface area contributed by atoms with Crippen LogP contribution in [0, 0.1) is 12.8 Å². The molecule has 0 atom stereocenters. The number of anilines is 1. The van der Waals surface area contributed by atoms with Crippen molar-refractivity contribution in [3.8, 4) is 0 Å². The monoisotopic (exact) mass is 358 g/mol. The van der Waals surface area contributed by atoms with Gasteiger partial charge < -0.3 is 5.73 Å². The van der Waals surface area contributed by atoms with Gasteiger partial charge in [0, 0.05) is 22.7 Å². The molecular weight excluding hydrogens is 340 g/mol. The maximum absolute atomic E-state index is 12.9. The summed E-state index contributed by atoms with van der Waals surface area (Å²) in [5.74, 6) is 0.554. The fraction of sp³-hybridized carbons (Fsp3) is 0.571. The van der Waals surface area contributed by atoms with E-state index in [-0.39, 0.29) is 6.04 Å². The number of rotatable bonds is 5. The summed E-state index contributed by atoms with van der Waals surface area (Å²) < 4.78 is 28.3. The summed E-state index contributed by atoms with van der Waals surface area (Å²) in [7, 11) is -3.43. The highest BCUT2D eigenvalue weighted by atomic mass is 79.9. The molecule has 0 aliphatic heterocycles. The molecule has 2 aliphatic rings. The standard InChI is InChI=1S/C14H19BrN2O2S/c1-9-6-12(15)13(16)7-14(9)20(18,19)17(11-4-5-11)8-10-2-3-10/h6-7,10-11H,2-5,8,16H2,1H3. The van der Waals surface area contributed by atoms with Crippen LogP contribution in [0.4, 0.5) is 5.69 Å². The van der Waals surface area contributed by atoms with Crippen LogP contribution in [0.5, 0.6) is 0 Å². The molecule has 4 nitrogen and oxygen atoms in total. The van der Waals surface area contributed by atoms with Crippen LogP contribution in [0.15, 0.2) is 21.5 Å². The average Bonchev–Trinajstić information content (AvgIpc) is 3.24. The van der Waals surface area contributed by atoms with Crippen molar-refractivity contribution in [1.29, 1.82) is 0 Å². The Morgan fingerprint density at radius 3 is 2.50 bits per heavy atom. The lowest BCUT2D eigenvalue weighted by Crippen LogP contribution is -2.35. The van der Waals surface area contributed by atoms with Crippen molar-refractivity contribution < 1.29 is 8.42 Å². The van der Waals surface area contributed by atoms with Crippen LogP contribution in [-0.2, 0) is 10.0 Å². The molecule has 2 saturated carbocycles. The fourth-order valence-electron chi connectivity index (χ4n) is 2.43. The van der Waals surface area contributed by atoms with Crippen LogP contribution in [0.3, 0.4) is 0 Å². The summed E-state index contributed by atoms with van der Waals surface area (Å²) in [4.78, 5) is 0.353. The van der Waals surface area contributed by atoms with E-state index in [1.165, 1.54) is 0 Å². The van der Waals surface area contributed by atoms with Crippen molar-refractivity contribution in [1.82, 2.24) is 4.31 Å². The first-order chi connectivity index (χ1) is 9.39. The molecule has 1 aromatic rings. The van der Waals surface area contributed by atoms with Gasteiger partial charge in [-0.05, 0) is 72.2 Å². The Labute approximate surface area is 128 Å². The van der Waals surface area contributed by atoms with Gasteiger partial charge in [0.1, 0.15) is 0 Å². The van der Waals surface area contributed by atoms with Gasteiger partial charge in [0.2, 0.25) is 10.0 Å². The molecule has 0 radical (unpaired) electrons. The minimum Gasteiger partial charge on any atom is -0.398 e. The first-order valence-electron chi connectivity index (χ1n) is 6.97. The summed E-state index contributed by atoms with van der Waals surface area (Å²) in [6.45, 7) is 2.49. The minimum absolute atomic E-state index is 0.199. The SMILES string of the molecule is Cc1cc(Br)c(N)cc1S(=O)(=O)N(CC1CC1)C1CC1. The molecule has 3 rings (SSSR count). The van der Waals surface area contributed by atoms with E-state index in [4.69, 9.17) is 5.73 Å². The summed E-state index contributed by atoms with van der Waals surface area (Å²) >= 11 is 3.34. The van der Waals surface area contributed by atoms with Crippen LogP contribution in [0.1, 0.15) is 31.2 Å². The van der Waals surface area contributed by atoms with E-state index in [0.717, 1.165) is 35.7 Å². The number of benzene rings is 1. The van der Waals surface area contributed by atoms with Crippen molar-refractivity contribution in [2.24, 2.45) is 5.92 Å². The minimum atomic E-state index is -3.43. The highest BCUT2D eigenvalue weighted by Crippen LogP contribution is 2.39. The smallest absolute Gasteiger partial charge is 0.243 e. The Hall–Kier alpha value is -0.590. The van der Waals surface area contributed by atoms with Crippen LogP contribution in [-0.4, -0.2) is 25.3 Å². The van der Waals surface area contributed by atoms with Crippen molar-refractivity contribution in [3.05, 3.63) is 22.2 Å². The molecule has 110 valence electrons. The highest BCUT2D eigenvalue weighted by molar-refractivity contribution is 9.10. The normalized spacial score (nSPS) is 19.6. The predicted molar refractivity (Wildman–Crippen MR) is 82.9 cm³/mol. The van der Waals surface area contributed by atoms with Gasteiger partial charge in [-0.1, -0.05) is 0 Å². The third kappa shape index (κ3) is 2.73. The molecular formula is C14H19BrN2O2S. The fourth-order valence-corrected chi connectivity index (χ4v) is 4.90. The molecule has 0 spiro atoms. The number of hydrogen-bond donors (Lipinski definition) is 1. The Bertz CT molecular complexity index is 637. The average molecular weight is 359 g/mol. The van der Waals surface area contributed by atoms with Gasteiger partial charge >= 0.3 is 0 Å². The second-order valence-electron chi connectivity index (χ2n) is 5.89. The molecule has 0 aromatic heterocycles. The van der Waals surface area contributed by atoms with Crippen LogP contribution in [0.2, 0.25) is 0 Å². The van der Waals surface area contributed by atoms with E-state index in [0.29, 0.717) is 23.0 Å². The van der Waals surface area contributed by atoms with E-state index in [1.807, 2.05) is 6.92 Å². The largest absolute Gasteiger partial charge is 0.398 e. The number of sulfonamides is 1. The van der Waals surface area contributed by atoms with E-state index < -0.39 is 10.0 Å². The first-order valence-corrected chi connectivity index (χ1v) is 9.20. The number of halogens is 1. The molecule has 20 heavy (non-hydrogen) atoms. The third-order valence-electron chi connectivity index (χ3n) is 3.97. The molecule has 2 fully saturated rings. The topological polar surface area (TPSA) is 63.4 Å².